The van der Waals surface area contributed by atoms with Gasteiger partial charge in [-0.3, -0.25) is 0 Å². The fourth-order valence-electron chi connectivity index (χ4n) is 1.56. The van der Waals surface area contributed by atoms with Crippen molar-refractivity contribution in [2.45, 2.75) is 13.1 Å². The summed E-state index contributed by atoms with van der Waals surface area (Å²) in [5.41, 5.74) is 0. The lowest BCUT2D eigenvalue weighted by Gasteiger charge is -2.13. The molecule has 0 saturated heterocycles. The van der Waals surface area contributed by atoms with Crippen LogP contribution in [0.4, 0.5) is 0 Å². The first-order valence-electron chi connectivity index (χ1n) is 4.75. The molecule has 0 nitrogen and oxygen atoms in total. The molecule has 0 fully saturated rings. The van der Waals surface area contributed by atoms with Gasteiger partial charge >= 0.3 is 0 Å². The fraction of sp³-hybridized carbons (Fsp3) is 0.167. The molecule has 0 radical (unpaired) electrons. The number of rotatable bonds is 1. The van der Waals surface area contributed by atoms with E-state index in [1.165, 1.54) is 16.0 Å². The Morgan fingerprint density at radius 3 is 2.21 bits per heavy atom. The predicted octanol–water partition coefficient (Wildman–Crippen LogP) is 3.49. The third kappa shape index (κ3) is 1.84. The molecule has 2 heteroatoms. The minimum atomic E-state index is -1.68. The number of halogens is 1. The second-order valence-electron chi connectivity index (χ2n) is 4.03. The van der Waals surface area contributed by atoms with E-state index in [1.54, 1.807) is 0 Å². The third-order valence-electron chi connectivity index (χ3n) is 2.44. The van der Waals surface area contributed by atoms with Gasteiger partial charge in [-0.05, 0) is 16.0 Å². The molecule has 0 heterocycles. The summed E-state index contributed by atoms with van der Waals surface area (Å²) in [6.45, 7) is 4.30. The second kappa shape index (κ2) is 3.41. The molecule has 2 aromatic carbocycles. The molecule has 0 N–H and O–H groups in total. The van der Waals surface area contributed by atoms with Crippen LogP contribution in [0.5, 0.6) is 0 Å². The van der Waals surface area contributed by atoms with Gasteiger partial charge in [0.05, 0.1) is 0 Å². The summed E-state index contributed by atoms with van der Waals surface area (Å²) in [7, 11) is -1.68. The molecular formula is C12H13ClSi. The smallest absolute Gasteiger partial charge is 0.162 e. The second-order valence-corrected chi connectivity index (χ2v) is 10.4. The molecule has 0 bridgehead atoms. The Bertz CT molecular complexity index is 457. The molecule has 0 amide bonds. The first-order valence-corrected chi connectivity index (χ1v) is 8.77. The largest absolute Gasteiger partial charge is 0.180 e. The molecule has 2 aromatic rings. The molecule has 72 valence electrons. The summed E-state index contributed by atoms with van der Waals surface area (Å²) in [6.07, 6.45) is 0. The van der Waals surface area contributed by atoms with Crippen LogP contribution in [0.15, 0.2) is 42.5 Å². The maximum absolute atomic E-state index is 6.40. The first-order chi connectivity index (χ1) is 6.57. The summed E-state index contributed by atoms with van der Waals surface area (Å²) < 4.78 is 0. The summed E-state index contributed by atoms with van der Waals surface area (Å²) >= 11 is 6.40. The number of benzene rings is 2. The average molecular weight is 221 g/mol. The van der Waals surface area contributed by atoms with E-state index >= 15 is 0 Å². The quantitative estimate of drug-likeness (QED) is 0.510. The van der Waals surface area contributed by atoms with E-state index in [2.05, 4.69) is 55.6 Å². The summed E-state index contributed by atoms with van der Waals surface area (Å²) in [6, 6.07) is 14.9. The lowest BCUT2D eigenvalue weighted by Crippen LogP contribution is -2.34. The van der Waals surface area contributed by atoms with Crippen LogP contribution in [0.1, 0.15) is 0 Å². The Kier molecular flexibility index (Phi) is 2.37. The van der Waals surface area contributed by atoms with E-state index in [-0.39, 0.29) is 0 Å². The van der Waals surface area contributed by atoms with E-state index in [0.717, 1.165) is 0 Å². The zero-order valence-electron chi connectivity index (χ0n) is 8.42. The van der Waals surface area contributed by atoms with Crippen LogP contribution in [0, 0.1) is 0 Å². The van der Waals surface area contributed by atoms with E-state index in [1.807, 2.05) is 0 Å². The summed E-state index contributed by atoms with van der Waals surface area (Å²) in [5, 5.41) is 3.87. The van der Waals surface area contributed by atoms with Crippen molar-refractivity contribution in [3.05, 3.63) is 42.5 Å². The van der Waals surface area contributed by atoms with Gasteiger partial charge in [-0.1, -0.05) is 55.6 Å². The molecule has 0 aromatic heterocycles. The molecule has 0 aliphatic carbocycles. The lowest BCUT2D eigenvalue weighted by molar-refractivity contribution is 1.76. The molecular weight excluding hydrogens is 208 g/mol. The monoisotopic (exact) mass is 220 g/mol. The van der Waals surface area contributed by atoms with Crippen LogP contribution in [0.3, 0.4) is 0 Å². The molecule has 14 heavy (non-hydrogen) atoms. The molecule has 0 aliphatic heterocycles. The molecule has 0 atom stereocenters. The Labute approximate surface area is 90.2 Å². The molecule has 0 aliphatic rings. The van der Waals surface area contributed by atoms with Crippen LogP contribution in [0.25, 0.3) is 10.8 Å². The van der Waals surface area contributed by atoms with Gasteiger partial charge in [-0.2, -0.15) is 11.1 Å². The number of hydrogen-bond donors (Lipinski definition) is 0. The maximum atomic E-state index is 6.40. The van der Waals surface area contributed by atoms with E-state index in [0.29, 0.717) is 0 Å². The van der Waals surface area contributed by atoms with Crippen molar-refractivity contribution in [1.82, 2.24) is 0 Å². The van der Waals surface area contributed by atoms with Gasteiger partial charge in [0.25, 0.3) is 0 Å². The third-order valence-corrected chi connectivity index (χ3v) is 4.77. The van der Waals surface area contributed by atoms with Gasteiger partial charge in [0.15, 0.2) is 7.38 Å². The van der Waals surface area contributed by atoms with Gasteiger partial charge < -0.3 is 0 Å². The van der Waals surface area contributed by atoms with E-state index in [4.69, 9.17) is 11.1 Å². The minimum absolute atomic E-state index is 1.28. The van der Waals surface area contributed by atoms with E-state index < -0.39 is 7.38 Å². The highest BCUT2D eigenvalue weighted by molar-refractivity contribution is 7.26. The molecule has 0 unspecified atom stereocenters. The normalized spacial score (nSPS) is 11.9. The van der Waals surface area contributed by atoms with Crippen molar-refractivity contribution in [1.29, 1.82) is 0 Å². The van der Waals surface area contributed by atoms with Gasteiger partial charge in [0, 0.05) is 0 Å². The van der Waals surface area contributed by atoms with Crippen molar-refractivity contribution in [3.8, 4) is 0 Å². The minimum Gasteiger partial charge on any atom is -0.162 e. The highest BCUT2D eigenvalue weighted by Crippen LogP contribution is 2.15. The Hall–Kier alpha value is -0.793. The van der Waals surface area contributed by atoms with Gasteiger partial charge in [0.2, 0.25) is 0 Å². The Morgan fingerprint density at radius 1 is 0.929 bits per heavy atom. The summed E-state index contributed by atoms with van der Waals surface area (Å²) in [5.74, 6) is 0. The molecule has 0 saturated carbocycles. The van der Waals surface area contributed by atoms with Crippen molar-refractivity contribution in [2.24, 2.45) is 0 Å². The van der Waals surface area contributed by atoms with Crippen LogP contribution in [-0.4, -0.2) is 7.38 Å². The topological polar surface area (TPSA) is 0 Å². The average Bonchev–Trinajstić information content (AvgIpc) is 2.16. The van der Waals surface area contributed by atoms with Crippen molar-refractivity contribution in [2.75, 3.05) is 0 Å². The van der Waals surface area contributed by atoms with Crippen LogP contribution in [-0.2, 0) is 0 Å². The molecule has 0 spiro atoms. The highest BCUT2D eigenvalue weighted by Gasteiger charge is 2.19. The van der Waals surface area contributed by atoms with Crippen molar-refractivity contribution >= 4 is 34.4 Å². The number of fused-ring (bicyclic) bond motifs is 1. The zero-order valence-corrected chi connectivity index (χ0v) is 10.2. The summed E-state index contributed by atoms with van der Waals surface area (Å²) in [4.78, 5) is 0. The highest BCUT2D eigenvalue weighted by atomic mass is 35.6. The van der Waals surface area contributed by atoms with Gasteiger partial charge in [-0.25, -0.2) is 0 Å². The Balaban J connectivity index is 2.63. The van der Waals surface area contributed by atoms with Crippen LogP contribution >= 0.6 is 11.1 Å². The van der Waals surface area contributed by atoms with Crippen molar-refractivity contribution < 1.29 is 0 Å². The Morgan fingerprint density at radius 2 is 1.57 bits per heavy atom. The predicted molar refractivity (Wildman–Crippen MR) is 66.9 cm³/mol. The van der Waals surface area contributed by atoms with Gasteiger partial charge in [-0.15, -0.1) is 0 Å². The van der Waals surface area contributed by atoms with Crippen LogP contribution in [0.2, 0.25) is 13.1 Å². The lowest BCUT2D eigenvalue weighted by atomic mass is 10.1. The zero-order chi connectivity index (χ0) is 10.2. The van der Waals surface area contributed by atoms with E-state index in [9.17, 15) is 0 Å². The SMILES string of the molecule is C[Si](C)(Cl)c1ccc2ccccc2c1. The maximum Gasteiger partial charge on any atom is 0.180 e. The number of hydrogen-bond acceptors (Lipinski definition) is 0. The first kappa shape index (κ1) is 9.75. The van der Waals surface area contributed by atoms with Gasteiger partial charge in [0.1, 0.15) is 0 Å². The van der Waals surface area contributed by atoms with Crippen molar-refractivity contribution in [3.63, 3.8) is 0 Å². The molecule has 2 rings (SSSR count). The fourth-order valence-corrected chi connectivity index (χ4v) is 2.89. The standard InChI is InChI=1S/C12H13ClSi/c1-14(2,13)12-8-7-10-5-3-4-6-11(10)9-12/h3-9H,1-2H3. The van der Waals surface area contributed by atoms with Crippen LogP contribution < -0.4 is 5.19 Å².